The van der Waals surface area contributed by atoms with Crippen molar-refractivity contribution in [3.63, 3.8) is 0 Å². The van der Waals surface area contributed by atoms with Crippen molar-refractivity contribution in [1.82, 2.24) is 10.2 Å². The smallest absolute Gasteiger partial charge is 0.228 e. The molecule has 5 nitrogen and oxygen atoms in total. The molecule has 1 aromatic carbocycles. The van der Waals surface area contributed by atoms with E-state index in [2.05, 4.69) is 20.8 Å². The van der Waals surface area contributed by atoms with Crippen LogP contribution in [0.4, 0.5) is 17.3 Å². The summed E-state index contributed by atoms with van der Waals surface area (Å²) < 4.78 is 0. The molecule has 0 spiro atoms. The van der Waals surface area contributed by atoms with E-state index in [4.69, 9.17) is 0 Å². The van der Waals surface area contributed by atoms with Crippen molar-refractivity contribution in [2.24, 2.45) is 5.92 Å². The number of benzene rings is 1. The first-order valence-corrected chi connectivity index (χ1v) is 8.19. The van der Waals surface area contributed by atoms with E-state index in [0.717, 1.165) is 36.9 Å². The highest BCUT2D eigenvalue weighted by molar-refractivity contribution is 5.91. The van der Waals surface area contributed by atoms with Crippen LogP contribution < -0.4 is 10.6 Å². The molecule has 1 fully saturated rings. The average molecular weight is 310 g/mol. The number of carbonyl (C=O) groups excluding carboxylic acids is 1. The van der Waals surface area contributed by atoms with Crippen LogP contribution in [-0.4, -0.2) is 16.1 Å². The molecule has 0 bridgehead atoms. The monoisotopic (exact) mass is 310 g/mol. The molecule has 2 N–H and O–H groups in total. The molecule has 2 aromatic rings. The minimum absolute atomic E-state index is 0.0682. The lowest BCUT2D eigenvalue weighted by atomic mass is 9.89. The van der Waals surface area contributed by atoms with Crippen LogP contribution in [0.2, 0.25) is 0 Å². The van der Waals surface area contributed by atoms with Crippen molar-refractivity contribution in [2.45, 2.75) is 39.0 Å². The summed E-state index contributed by atoms with van der Waals surface area (Å²) in [6, 6.07) is 11.6. The van der Waals surface area contributed by atoms with E-state index < -0.39 is 0 Å². The van der Waals surface area contributed by atoms with Crippen molar-refractivity contribution in [3.05, 3.63) is 42.0 Å². The van der Waals surface area contributed by atoms with Crippen LogP contribution in [0.1, 0.15) is 37.7 Å². The summed E-state index contributed by atoms with van der Waals surface area (Å²) in [7, 11) is 0. The van der Waals surface area contributed by atoms with Crippen LogP contribution in [0.5, 0.6) is 0 Å². The van der Waals surface area contributed by atoms with Gasteiger partial charge in [-0.1, -0.05) is 37.5 Å². The van der Waals surface area contributed by atoms with Crippen molar-refractivity contribution in [1.29, 1.82) is 0 Å². The Hall–Kier alpha value is -2.43. The third-order valence-corrected chi connectivity index (χ3v) is 4.30. The number of rotatable bonds is 4. The zero-order valence-electron chi connectivity index (χ0n) is 13.4. The van der Waals surface area contributed by atoms with E-state index in [1.54, 1.807) is 6.07 Å². The van der Waals surface area contributed by atoms with E-state index in [1.807, 2.05) is 37.3 Å². The SMILES string of the molecule is Cc1ccccc1Nc1ccc(NC(=O)C2CCCCC2)nn1. The standard InChI is InChI=1S/C18H22N4O/c1-13-7-5-6-10-15(13)19-16-11-12-17(22-21-16)20-18(23)14-8-3-2-4-9-14/h5-7,10-12,14H,2-4,8-9H2,1H3,(H,19,21)(H,20,22,23). The lowest BCUT2D eigenvalue weighted by Gasteiger charge is -2.20. The molecule has 1 heterocycles. The number of nitrogens with zero attached hydrogens (tertiary/aromatic N) is 2. The largest absolute Gasteiger partial charge is 0.339 e. The van der Waals surface area contributed by atoms with Crippen LogP contribution in [0.25, 0.3) is 0 Å². The third kappa shape index (κ3) is 4.06. The van der Waals surface area contributed by atoms with Crippen LogP contribution >= 0.6 is 0 Å². The minimum Gasteiger partial charge on any atom is -0.339 e. The number of aromatic nitrogens is 2. The Morgan fingerprint density at radius 1 is 1.00 bits per heavy atom. The van der Waals surface area contributed by atoms with Crippen LogP contribution in [-0.2, 0) is 4.79 Å². The molecule has 1 amide bonds. The van der Waals surface area contributed by atoms with Gasteiger partial charge in [0, 0.05) is 11.6 Å². The van der Waals surface area contributed by atoms with Crippen molar-refractivity contribution in [2.75, 3.05) is 10.6 Å². The Morgan fingerprint density at radius 3 is 2.39 bits per heavy atom. The van der Waals surface area contributed by atoms with Gasteiger partial charge in [0.05, 0.1) is 0 Å². The molecule has 0 saturated heterocycles. The summed E-state index contributed by atoms with van der Waals surface area (Å²) in [5.74, 6) is 1.36. The quantitative estimate of drug-likeness (QED) is 0.894. The van der Waals surface area contributed by atoms with Gasteiger partial charge in [-0.25, -0.2) is 0 Å². The molecule has 0 radical (unpaired) electrons. The van der Waals surface area contributed by atoms with E-state index in [0.29, 0.717) is 11.6 Å². The van der Waals surface area contributed by atoms with Crippen molar-refractivity contribution < 1.29 is 4.79 Å². The summed E-state index contributed by atoms with van der Waals surface area (Å²) in [6.07, 6.45) is 5.48. The fraction of sp³-hybridized carbons (Fsp3) is 0.389. The van der Waals surface area contributed by atoms with Crippen LogP contribution in [0, 0.1) is 12.8 Å². The van der Waals surface area contributed by atoms with Crippen molar-refractivity contribution in [3.8, 4) is 0 Å². The van der Waals surface area contributed by atoms with E-state index in [9.17, 15) is 4.79 Å². The van der Waals surface area contributed by atoms with Gasteiger partial charge in [-0.3, -0.25) is 4.79 Å². The summed E-state index contributed by atoms with van der Waals surface area (Å²) in [6.45, 7) is 2.04. The zero-order valence-corrected chi connectivity index (χ0v) is 13.4. The van der Waals surface area contributed by atoms with Gasteiger partial charge in [0.2, 0.25) is 5.91 Å². The number of para-hydroxylation sites is 1. The first-order valence-electron chi connectivity index (χ1n) is 8.19. The Bertz CT molecular complexity index is 663. The van der Waals surface area contributed by atoms with E-state index >= 15 is 0 Å². The van der Waals surface area contributed by atoms with Gasteiger partial charge in [0.15, 0.2) is 11.6 Å². The zero-order chi connectivity index (χ0) is 16.1. The number of carbonyl (C=O) groups is 1. The summed E-state index contributed by atoms with van der Waals surface area (Å²) >= 11 is 0. The van der Waals surface area contributed by atoms with Gasteiger partial charge >= 0.3 is 0 Å². The number of aryl methyl sites for hydroxylation is 1. The molecule has 120 valence electrons. The molecule has 1 saturated carbocycles. The van der Waals surface area contributed by atoms with Gasteiger partial charge in [0.1, 0.15) is 0 Å². The average Bonchev–Trinajstić information content (AvgIpc) is 2.59. The second-order valence-electron chi connectivity index (χ2n) is 6.07. The lowest BCUT2D eigenvalue weighted by molar-refractivity contribution is -0.120. The molecule has 0 unspecified atom stereocenters. The topological polar surface area (TPSA) is 66.9 Å². The first kappa shape index (κ1) is 15.5. The minimum atomic E-state index is 0.0682. The molecule has 3 rings (SSSR count). The fourth-order valence-corrected chi connectivity index (χ4v) is 2.91. The van der Waals surface area contributed by atoms with Gasteiger partial charge in [0.25, 0.3) is 0 Å². The number of nitrogens with one attached hydrogen (secondary N) is 2. The maximum Gasteiger partial charge on any atom is 0.228 e. The fourth-order valence-electron chi connectivity index (χ4n) is 2.91. The van der Waals surface area contributed by atoms with Gasteiger partial charge in [-0.2, -0.15) is 0 Å². The third-order valence-electron chi connectivity index (χ3n) is 4.30. The molecule has 1 aliphatic carbocycles. The highest BCUT2D eigenvalue weighted by Gasteiger charge is 2.21. The van der Waals surface area contributed by atoms with Crippen LogP contribution in [0.3, 0.4) is 0 Å². The highest BCUT2D eigenvalue weighted by atomic mass is 16.1. The predicted octanol–water partition coefficient (Wildman–Crippen LogP) is 4.05. The number of hydrogen-bond donors (Lipinski definition) is 2. The molecule has 23 heavy (non-hydrogen) atoms. The van der Waals surface area contributed by atoms with Crippen LogP contribution in [0.15, 0.2) is 36.4 Å². The maximum absolute atomic E-state index is 12.2. The Labute approximate surface area is 136 Å². The van der Waals surface area contributed by atoms with Crippen molar-refractivity contribution >= 4 is 23.2 Å². The Balaban J connectivity index is 1.60. The summed E-state index contributed by atoms with van der Waals surface area (Å²) in [4.78, 5) is 12.2. The summed E-state index contributed by atoms with van der Waals surface area (Å²) in [5.41, 5.74) is 2.14. The van der Waals surface area contributed by atoms with E-state index in [1.165, 1.54) is 6.42 Å². The Morgan fingerprint density at radius 2 is 1.70 bits per heavy atom. The molecule has 5 heteroatoms. The lowest BCUT2D eigenvalue weighted by Crippen LogP contribution is -2.25. The Kier molecular flexibility index (Phi) is 4.86. The number of anilines is 3. The second kappa shape index (κ2) is 7.22. The number of amides is 1. The molecular formula is C18H22N4O. The second-order valence-corrected chi connectivity index (χ2v) is 6.07. The predicted molar refractivity (Wildman–Crippen MR) is 91.7 cm³/mol. The molecule has 0 atom stereocenters. The van der Waals surface area contributed by atoms with E-state index in [-0.39, 0.29) is 11.8 Å². The molecule has 1 aromatic heterocycles. The summed E-state index contributed by atoms with van der Waals surface area (Å²) in [5, 5.41) is 14.3. The van der Waals surface area contributed by atoms with Gasteiger partial charge in [-0.15, -0.1) is 10.2 Å². The number of hydrogen-bond acceptors (Lipinski definition) is 4. The first-order chi connectivity index (χ1) is 11.2. The van der Waals surface area contributed by atoms with Gasteiger partial charge in [-0.05, 0) is 43.5 Å². The normalized spacial score (nSPS) is 15.2. The maximum atomic E-state index is 12.2. The molecular weight excluding hydrogens is 288 g/mol. The van der Waals surface area contributed by atoms with Gasteiger partial charge < -0.3 is 10.6 Å². The highest BCUT2D eigenvalue weighted by Crippen LogP contribution is 2.25. The molecule has 1 aliphatic rings. The molecule has 0 aliphatic heterocycles.